The Kier molecular flexibility index (Phi) is 5.60. The van der Waals surface area contributed by atoms with Crippen LogP contribution in [-0.2, 0) is 9.53 Å². The molecule has 2 atom stereocenters. The van der Waals surface area contributed by atoms with E-state index in [4.69, 9.17) is 4.74 Å². The molecule has 0 aliphatic carbocycles. The molecule has 0 unspecified atom stereocenters. The Morgan fingerprint density at radius 1 is 1.35 bits per heavy atom. The molecular weight excluding hydrogens is 214 g/mol. The first kappa shape index (κ1) is 14.7. The molecule has 0 spiro atoms. The first-order chi connectivity index (χ1) is 7.95. The fourth-order valence-corrected chi connectivity index (χ4v) is 2.39. The highest BCUT2D eigenvalue weighted by atomic mass is 16.5. The van der Waals surface area contributed by atoms with Crippen molar-refractivity contribution in [2.45, 2.75) is 65.6 Å². The van der Waals surface area contributed by atoms with E-state index in [9.17, 15) is 4.79 Å². The summed E-state index contributed by atoms with van der Waals surface area (Å²) in [6, 6.07) is 0.500. The standard InChI is InChI=1S/C14H27NO2/c1-6-14(16)13-7-12(17-9-10(2)3)8-15(13)11(4)5/h10-13H,6-9H2,1-5H3/t12-,13-/m0/s1. The smallest absolute Gasteiger partial charge is 0.149 e. The maximum Gasteiger partial charge on any atom is 0.149 e. The lowest BCUT2D eigenvalue weighted by molar-refractivity contribution is -0.123. The van der Waals surface area contributed by atoms with Gasteiger partial charge in [-0.05, 0) is 26.2 Å². The van der Waals surface area contributed by atoms with Gasteiger partial charge in [-0.1, -0.05) is 20.8 Å². The first-order valence-electron chi connectivity index (χ1n) is 6.85. The van der Waals surface area contributed by atoms with Gasteiger partial charge in [-0.15, -0.1) is 0 Å². The predicted molar refractivity (Wildman–Crippen MR) is 70.1 cm³/mol. The number of carbonyl (C=O) groups is 1. The number of ether oxygens (including phenoxy) is 1. The normalized spacial score (nSPS) is 26.1. The fraction of sp³-hybridized carbons (Fsp3) is 0.929. The molecule has 1 aliphatic heterocycles. The van der Waals surface area contributed by atoms with E-state index in [1.807, 2.05) is 6.92 Å². The molecule has 1 heterocycles. The lowest BCUT2D eigenvalue weighted by Gasteiger charge is -2.26. The fourth-order valence-electron chi connectivity index (χ4n) is 2.39. The van der Waals surface area contributed by atoms with Crippen LogP contribution in [0.25, 0.3) is 0 Å². The van der Waals surface area contributed by atoms with Gasteiger partial charge in [0, 0.05) is 25.6 Å². The van der Waals surface area contributed by atoms with Gasteiger partial charge in [-0.3, -0.25) is 9.69 Å². The lowest BCUT2D eigenvalue weighted by Crippen LogP contribution is -2.40. The molecule has 0 radical (unpaired) electrons. The van der Waals surface area contributed by atoms with Crippen LogP contribution in [0.15, 0.2) is 0 Å². The molecule has 0 bridgehead atoms. The van der Waals surface area contributed by atoms with Crippen molar-refractivity contribution in [2.24, 2.45) is 5.92 Å². The van der Waals surface area contributed by atoms with Gasteiger partial charge in [0.15, 0.2) is 0 Å². The number of likely N-dealkylation sites (tertiary alicyclic amines) is 1. The summed E-state index contributed by atoms with van der Waals surface area (Å²) in [5.41, 5.74) is 0. The molecule has 100 valence electrons. The Hall–Kier alpha value is -0.410. The summed E-state index contributed by atoms with van der Waals surface area (Å²) in [6.45, 7) is 12.3. The van der Waals surface area contributed by atoms with Crippen LogP contribution < -0.4 is 0 Å². The summed E-state index contributed by atoms with van der Waals surface area (Å²) in [4.78, 5) is 14.2. The van der Waals surface area contributed by atoms with Crippen LogP contribution in [0, 0.1) is 5.92 Å². The molecule has 0 saturated carbocycles. The number of hydrogen-bond acceptors (Lipinski definition) is 3. The van der Waals surface area contributed by atoms with Gasteiger partial charge in [0.2, 0.25) is 0 Å². The molecule has 1 rings (SSSR count). The summed E-state index contributed by atoms with van der Waals surface area (Å²) in [5, 5.41) is 0. The van der Waals surface area contributed by atoms with Gasteiger partial charge >= 0.3 is 0 Å². The Morgan fingerprint density at radius 3 is 2.47 bits per heavy atom. The van der Waals surface area contributed by atoms with E-state index in [1.165, 1.54) is 0 Å². The number of nitrogens with zero attached hydrogens (tertiary/aromatic N) is 1. The summed E-state index contributed by atoms with van der Waals surface area (Å²) in [5.74, 6) is 0.915. The molecule has 0 aromatic rings. The maximum absolute atomic E-state index is 11.9. The Bertz CT molecular complexity index is 251. The quantitative estimate of drug-likeness (QED) is 0.715. The van der Waals surface area contributed by atoms with Crippen molar-refractivity contribution in [3.8, 4) is 0 Å². The SMILES string of the molecule is CCC(=O)[C@@H]1C[C@H](OCC(C)C)CN1C(C)C. The highest BCUT2D eigenvalue weighted by Gasteiger charge is 2.37. The van der Waals surface area contributed by atoms with Gasteiger partial charge in [-0.2, -0.15) is 0 Å². The van der Waals surface area contributed by atoms with Crippen molar-refractivity contribution >= 4 is 5.78 Å². The monoisotopic (exact) mass is 241 g/mol. The largest absolute Gasteiger partial charge is 0.377 e. The summed E-state index contributed by atoms with van der Waals surface area (Å²) in [7, 11) is 0. The number of ketones is 1. The van der Waals surface area contributed by atoms with Gasteiger partial charge in [-0.25, -0.2) is 0 Å². The molecule has 0 amide bonds. The van der Waals surface area contributed by atoms with Crippen LogP contribution >= 0.6 is 0 Å². The number of Topliss-reactive ketones (excluding diaryl/α,β-unsaturated/α-hetero) is 1. The number of rotatable bonds is 6. The van der Waals surface area contributed by atoms with E-state index in [2.05, 4.69) is 32.6 Å². The third kappa shape index (κ3) is 4.07. The first-order valence-corrected chi connectivity index (χ1v) is 6.85. The molecule has 0 aromatic heterocycles. The van der Waals surface area contributed by atoms with Crippen molar-refractivity contribution in [3.63, 3.8) is 0 Å². The van der Waals surface area contributed by atoms with E-state index in [1.54, 1.807) is 0 Å². The third-order valence-corrected chi connectivity index (χ3v) is 3.35. The lowest BCUT2D eigenvalue weighted by atomic mass is 10.1. The van der Waals surface area contributed by atoms with Crippen molar-refractivity contribution in [3.05, 3.63) is 0 Å². The second-order valence-corrected chi connectivity index (χ2v) is 5.71. The van der Waals surface area contributed by atoms with Gasteiger partial charge in [0.05, 0.1) is 12.1 Å². The predicted octanol–water partition coefficient (Wildman–Crippen LogP) is 2.49. The highest BCUT2D eigenvalue weighted by molar-refractivity contribution is 5.84. The molecule has 3 nitrogen and oxygen atoms in total. The van der Waals surface area contributed by atoms with Crippen molar-refractivity contribution < 1.29 is 9.53 Å². The van der Waals surface area contributed by atoms with Crippen molar-refractivity contribution in [1.29, 1.82) is 0 Å². The minimum absolute atomic E-state index is 0.0807. The van der Waals surface area contributed by atoms with Gasteiger partial charge < -0.3 is 4.74 Å². The van der Waals surface area contributed by atoms with Crippen LogP contribution in [0.1, 0.15) is 47.5 Å². The van der Waals surface area contributed by atoms with Crippen LogP contribution in [0.3, 0.4) is 0 Å². The average Bonchev–Trinajstić information content (AvgIpc) is 2.69. The average molecular weight is 241 g/mol. The minimum Gasteiger partial charge on any atom is -0.377 e. The third-order valence-electron chi connectivity index (χ3n) is 3.35. The maximum atomic E-state index is 11.9. The van der Waals surface area contributed by atoms with Gasteiger partial charge in [0.25, 0.3) is 0 Å². The molecule has 1 fully saturated rings. The molecule has 17 heavy (non-hydrogen) atoms. The second-order valence-electron chi connectivity index (χ2n) is 5.71. The summed E-state index contributed by atoms with van der Waals surface area (Å²) < 4.78 is 5.88. The van der Waals surface area contributed by atoms with Crippen LogP contribution in [0.4, 0.5) is 0 Å². The van der Waals surface area contributed by atoms with Crippen LogP contribution in [0.5, 0.6) is 0 Å². The Labute approximate surface area is 106 Å². The zero-order valence-corrected chi connectivity index (χ0v) is 11.9. The van der Waals surface area contributed by atoms with E-state index in [-0.39, 0.29) is 12.1 Å². The molecule has 3 heteroatoms. The van der Waals surface area contributed by atoms with Crippen LogP contribution in [0.2, 0.25) is 0 Å². The topological polar surface area (TPSA) is 29.5 Å². The highest BCUT2D eigenvalue weighted by Crippen LogP contribution is 2.24. The zero-order chi connectivity index (χ0) is 13.0. The summed E-state index contributed by atoms with van der Waals surface area (Å²) >= 11 is 0. The Morgan fingerprint density at radius 2 is 2.00 bits per heavy atom. The van der Waals surface area contributed by atoms with E-state index in [0.717, 1.165) is 19.6 Å². The number of hydrogen-bond donors (Lipinski definition) is 0. The van der Waals surface area contributed by atoms with E-state index < -0.39 is 0 Å². The van der Waals surface area contributed by atoms with Crippen molar-refractivity contribution in [1.82, 2.24) is 4.90 Å². The van der Waals surface area contributed by atoms with Crippen LogP contribution in [-0.4, -0.2) is 42.0 Å². The molecule has 1 saturated heterocycles. The van der Waals surface area contributed by atoms with E-state index in [0.29, 0.717) is 24.2 Å². The second kappa shape index (κ2) is 6.50. The van der Waals surface area contributed by atoms with E-state index >= 15 is 0 Å². The molecule has 1 aliphatic rings. The molecule has 0 aromatic carbocycles. The Balaban J connectivity index is 2.56. The molecule has 0 N–H and O–H groups in total. The summed E-state index contributed by atoms with van der Waals surface area (Å²) in [6.07, 6.45) is 1.74. The number of carbonyl (C=O) groups excluding carboxylic acids is 1. The van der Waals surface area contributed by atoms with Gasteiger partial charge in [0.1, 0.15) is 5.78 Å². The minimum atomic E-state index is 0.0807. The molecular formula is C14H27NO2. The zero-order valence-electron chi connectivity index (χ0n) is 11.9. The van der Waals surface area contributed by atoms with Crippen molar-refractivity contribution in [2.75, 3.05) is 13.2 Å².